The summed E-state index contributed by atoms with van der Waals surface area (Å²) in [5.74, 6) is 0.339. The molecule has 5 rings (SSSR count). The standard InChI is InChI=1S/C33H47N7O4/c1-19(2)27(34)32(43)39-15-5-7-25(39)29-35-18-24(37-29)22-11-9-21(10-12-22)17-36-31(42)26-8-6-16-40(26)33(44)28(20(3)4)38-30(41)23-13-14-23/h9-12,18-20,23,25-28H,5-8,13-17,34H2,1-4H3,(H,35,37)(H,36,42)(H,38,41)/t25-,26-,27+,28+/m0/s1. The van der Waals surface area contributed by atoms with Gasteiger partial charge in [0.05, 0.1) is 24.0 Å². The number of hydrogen-bond donors (Lipinski definition) is 4. The van der Waals surface area contributed by atoms with E-state index < -0.39 is 18.1 Å². The van der Waals surface area contributed by atoms with Gasteiger partial charge >= 0.3 is 0 Å². The maximum absolute atomic E-state index is 13.4. The van der Waals surface area contributed by atoms with E-state index in [0.29, 0.717) is 26.1 Å². The third-order valence-electron chi connectivity index (χ3n) is 9.20. The lowest BCUT2D eigenvalue weighted by molar-refractivity contribution is -0.142. The van der Waals surface area contributed by atoms with Crippen LogP contribution >= 0.6 is 0 Å². The van der Waals surface area contributed by atoms with E-state index in [-0.39, 0.29) is 47.4 Å². The Hall–Kier alpha value is -3.73. The molecule has 2 aliphatic heterocycles. The molecular formula is C33H47N7O4. The van der Waals surface area contributed by atoms with Gasteiger partial charge in [0.25, 0.3) is 0 Å². The third kappa shape index (κ3) is 6.98. The predicted molar refractivity (Wildman–Crippen MR) is 167 cm³/mol. The van der Waals surface area contributed by atoms with Gasteiger partial charge in [-0.3, -0.25) is 19.2 Å². The first-order valence-electron chi connectivity index (χ1n) is 16.1. The molecule has 0 spiro atoms. The van der Waals surface area contributed by atoms with Gasteiger partial charge in [-0.2, -0.15) is 0 Å². The first kappa shape index (κ1) is 31.7. The molecule has 11 heteroatoms. The van der Waals surface area contributed by atoms with Crippen molar-refractivity contribution in [1.29, 1.82) is 0 Å². The Labute approximate surface area is 259 Å². The van der Waals surface area contributed by atoms with Crippen molar-refractivity contribution in [1.82, 2.24) is 30.4 Å². The van der Waals surface area contributed by atoms with E-state index in [4.69, 9.17) is 5.73 Å². The summed E-state index contributed by atoms with van der Waals surface area (Å²) in [6.07, 6.45) is 6.66. The number of imidazole rings is 1. The van der Waals surface area contributed by atoms with Gasteiger partial charge < -0.3 is 31.2 Å². The largest absolute Gasteiger partial charge is 0.350 e. The smallest absolute Gasteiger partial charge is 0.246 e. The number of H-pyrrole nitrogens is 1. The molecule has 0 unspecified atom stereocenters. The lowest BCUT2D eigenvalue weighted by Gasteiger charge is -2.30. The monoisotopic (exact) mass is 605 g/mol. The number of amides is 4. The highest BCUT2D eigenvalue weighted by Crippen LogP contribution is 2.33. The van der Waals surface area contributed by atoms with Crippen LogP contribution in [0.1, 0.15) is 83.6 Å². The maximum atomic E-state index is 13.4. The first-order valence-corrected chi connectivity index (χ1v) is 16.1. The van der Waals surface area contributed by atoms with Crippen LogP contribution in [0.3, 0.4) is 0 Å². The second-order valence-electron chi connectivity index (χ2n) is 13.3. The van der Waals surface area contributed by atoms with E-state index in [1.165, 1.54) is 0 Å². The molecule has 44 heavy (non-hydrogen) atoms. The summed E-state index contributed by atoms with van der Waals surface area (Å²) in [7, 11) is 0. The number of nitrogens with one attached hydrogen (secondary N) is 3. The van der Waals surface area contributed by atoms with Crippen LogP contribution in [0.15, 0.2) is 30.5 Å². The summed E-state index contributed by atoms with van der Waals surface area (Å²) in [5.41, 5.74) is 8.91. The molecule has 5 N–H and O–H groups in total. The lowest BCUT2D eigenvalue weighted by Crippen LogP contribution is -2.55. The van der Waals surface area contributed by atoms with Gasteiger partial charge in [0.15, 0.2) is 0 Å². The molecule has 2 aromatic rings. The van der Waals surface area contributed by atoms with Gasteiger partial charge in [0.2, 0.25) is 23.6 Å². The summed E-state index contributed by atoms with van der Waals surface area (Å²) in [5, 5.41) is 5.94. The summed E-state index contributed by atoms with van der Waals surface area (Å²) in [6, 6.07) is 6.09. The minimum atomic E-state index is -0.623. The SMILES string of the molecule is CC(C)[C@@H](N)C(=O)N1CCC[C@H]1c1ncc(-c2ccc(CNC(=O)[C@@H]3CCCN3C(=O)[C@H](NC(=O)C3CC3)C(C)C)cc2)[nH]1. The quantitative estimate of drug-likeness (QED) is 0.309. The molecule has 1 saturated carbocycles. The molecule has 0 bridgehead atoms. The van der Waals surface area contributed by atoms with Crippen molar-refractivity contribution < 1.29 is 19.2 Å². The van der Waals surface area contributed by atoms with Gasteiger partial charge in [0, 0.05) is 25.6 Å². The lowest BCUT2D eigenvalue weighted by atomic mass is 10.0. The van der Waals surface area contributed by atoms with E-state index >= 15 is 0 Å². The molecule has 11 nitrogen and oxygen atoms in total. The molecule has 4 atom stereocenters. The normalized spacial score (nSPS) is 21.5. The fraction of sp³-hybridized carbons (Fsp3) is 0.606. The van der Waals surface area contributed by atoms with Crippen molar-refractivity contribution >= 4 is 23.6 Å². The van der Waals surface area contributed by atoms with Crippen LogP contribution in [0, 0.1) is 17.8 Å². The van der Waals surface area contributed by atoms with Crippen LogP contribution in [0.5, 0.6) is 0 Å². The van der Waals surface area contributed by atoms with Gasteiger partial charge in [-0.25, -0.2) is 4.98 Å². The number of carbonyl (C=O) groups is 4. The van der Waals surface area contributed by atoms with Crippen LogP contribution in [0.2, 0.25) is 0 Å². The molecule has 4 amide bonds. The van der Waals surface area contributed by atoms with E-state index in [0.717, 1.165) is 54.7 Å². The zero-order chi connectivity index (χ0) is 31.5. The number of likely N-dealkylation sites (tertiary alicyclic amines) is 2. The van der Waals surface area contributed by atoms with E-state index in [1.54, 1.807) is 11.1 Å². The molecule has 3 aliphatic rings. The van der Waals surface area contributed by atoms with Crippen LogP contribution < -0.4 is 16.4 Å². The van der Waals surface area contributed by atoms with Crippen LogP contribution in [-0.2, 0) is 25.7 Å². The first-order chi connectivity index (χ1) is 21.0. The van der Waals surface area contributed by atoms with Crippen molar-refractivity contribution in [2.24, 2.45) is 23.5 Å². The summed E-state index contributed by atoms with van der Waals surface area (Å²) in [4.78, 5) is 63.4. The van der Waals surface area contributed by atoms with Gasteiger partial charge in [-0.1, -0.05) is 52.0 Å². The molecule has 1 aromatic heterocycles. The van der Waals surface area contributed by atoms with E-state index in [2.05, 4.69) is 20.6 Å². The summed E-state index contributed by atoms with van der Waals surface area (Å²) in [6.45, 7) is 9.29. The molecule has 3 heterocycles. The second-order valence-corrected chi connectivity index (χ2v) is 13.3. The number of nitrogens with zero attached hydrogens (tertiary/aromatic N) is 3. The highest BCUT2D eigenvalue weighted by Gasteiger charge is 2.40. The second kappa shape index (κ2) is 13.5. The third-order valence-corrected chi connectivity index (χ3v) is 9.20. The van der Waals surface area contributed by atoms with Crippen molar-refractivity contribution in [3.63, 3.8) is 0 Å². The summed E-state index contributed by atoms with van der Waals surface area (Å²) < 4.78 is 0. The fourth-order valence-corrected chi connectivity index (χ4v) is 6.17. The van der Waals surface area contributed by atoms with Crippen molar-refractivity contribution in [3.05, 3.63) is 41.9 Å². The number of carbonyl (C=O) groups excluding carboxylic acids is 4. The zero-order valence-electron chi connectivity index (χ0n) is 26.3. The van der Waals surface area contributed by atoms with Crippen LogP contribution in [0.4, 0.5) is 0 Å². The Morgan fingerprint density at radius 2 is 1.59 bits per heavy atom. The Balaban J connectivity index is 1.17. The van der Waals surface area contributed by atoms with Gasteiger partial charge in [0.1, 0.15) is 17.9 Å². The van der Waals surface area contributed by atoms with Crippen LogP contribution in [0.25, 0.3) is 11.3 Å². The van der Waals surface area contributed by atoms with Crippen molar-refractivity contribution in [3.8, 4) is 11.3 Å². The van der Waals surface area contributed by atoms with E-state index in [1.807, 2.05) is 56.9 Å². The Bertz CT molecular complexity index is 1350. The number of benzene rings is 1. The Morgan fingerprint density at radius 1 is 0.909 bits per heavy atom. The fourth-order valence-electron chi connectivity index (χ4n) is 6.17. The Morgan fingerprint density at radius 3 is 2.25 bits per heavy atom. The molecule has 1 aliphatic carbocycles. The van der Waals surface area contributed by atoms with Crippen molar-refractivity contribution in [2.45, 2.75) is 96.9 Å². The average Bonchev–Trinajstić information content (AvgIpc) is 3.38. The number of hydrogen-bond acceptors (Lipinski definition) is 6. The van der Waals surface area contributed by atoms with E-state index in [9.17, 15) is 19.2 Å². The van der Waals surface area contributed by atoms with Gasteiger partial charge in [-0.15, -0.1) is 0 Å². The van der Waals surface area contributed by atoms with Gasteiger partial charge in [-0.05, 0) is 61.5 Å². The average molecular weight is 606 g/mol. The predicted octanol–water partition coefficient (Wildman–Crippen LogP) is 2.88. The molecule has 3 fully saturated rings. The van der Waals surface area contributed by atoms with Crippen LogP contribution in [-0.4, -0.2) is 74.6 Å². The minimum Gasteiger partial charge on any atom is -0.350 e. The molecule has 0 radical (unpaired) electrons. The molecule has 2 saturated heterocycles. The molecule has 1 aromatic carbocycles. The van der Waals surface area contributed by atoms with Crippen molar-refractivity contribution in [2.75, 3.05) is 13.1 Å². The number of nitrogens with two attached hydrogens (primary N) is 1. The number of rotatable bonds is 11. The number of aromatic nitrogens is 2. The Kier molecular flexibility index (Phi) is 9.72. The maximum Gasteiger partial charge on any atom is 0.246 e. The highest BCUT2D eigenvalue weighted by molar-refractivity contribution is 5.93. The summed E-state index contributed by atoms with van der Waals surface area (Å²) >= 11 is 0. The highest BCUT2D eigenvalue weighted by atomic mass is 16.2. The molecule has 238 valence electrons. The molecular weight excluding hydrogens is 558 g/mol. The topological polar surface area (TPSA) is 154 Å². The zero-order valence-corrected chi connectivity index (χ0v) is 26.3. The minimum absolute atomic E-state index is 0.0192. The number of aromatic amines is 1.